The summed E-state index contributed by atoms with van der Waals surface area (Å²) in [6.45, 7) is 4.04. The summed E-state index contributed by atoms with van der Waals surface area (Å²) in [5, 5.41) is 6.74. The van der Waals surface area contributed by atoms with E-state index in [1.807, 2.05) is 6.92 Å². The van der Waals surface area contributed by atoms with Crippen molar-refractivity contribution in [2.24, 2.45) is 0 Å². The van der Waals surface area contributed by atoms with Crippen molar-refractivity contribution in [3.63, 3.8) is 0 Å². The molecular formula is C17H22N4O3. The molecule has 128 valence electrons. The topological polar surface area (TPSA) is 90.1 Å². The van der Waals surface area contributed by atoms with E-state index in [1.165, 1.54) is 0 Å². The Kier molecular flexibility index (Phi) is 4.51. The highest BCUT2D eigenvalue weighted by atomic mass is 16.5. The highest BCUT2D eigenvalue weighted by Gasteiger charge is 2.50. The molecule has 0 aliphatic heterocycles. The minimum atomic E-state index is -0.677. The van der Waals surface area contributed by atoms with Gasteiger partial charge in [0.2, 0.25) is 23.5 Å². The van der Waals surface area contributed by atoms with Crippen LogP contribution < -0.4 is 10.1 Å². The summed E-state index contributed by atoms with van der Waals surface area (Å²) in [5.41, 5.74) is 0.0768. The van der Waals surface area contributed by atoms with Crippen LogP contribution in [0.2, 0.25) is 0 Å². The lowest BCUT2D eigenvalue weighted by Gasteiger charge is -2.35. The fourth-order valence-corrected chi connectivity index (χ4v) is 2.75. The quantitative estimate of drug-likeness (QED) is 0.875. The van der Waals surface area contributed by atoms with E-state index in [4.69, 9.17) is 9.26 Å². The highest BCUT2D eigenvalue weighted by molar-refractivity contribution is 5.87. The molecule has 1 saturated carbocycles. The van der Waals surface area contributed by atoms with Crippen molar-refractivity contribution in [3.05, 3.63) is 24.2 Å². The molecule has 2 aromatic rings. The van der Waals surface area contributed by atoms with Crippen LogP contribution in [0.15, 0.2) is 22.9 Å². The van der Waals surface area contributed by atoms with Crippen LogP contribution in [0.3, 0.4) is 0 Å². The molecule has 1 fully saturated rings. The molecule has 0 saturated heterocycles. The van der Waals surface area contributed by atoms with E-state index < -0.39 is 5.41 Å². The van der Waals surface area contributed by atoms with Crippen LogP contribution in [-0.4, -0.2) is 34.2 Å². The zero-order chi connectivity index (χ0) is 17.2. The third kappa shape index (κ3) is 2.86. The fourth-order valence-electron chi connectivity index (χ4n) is 2.75. The molecule has 1 amide bonds. The number of hydrogen-bond donors (Lipinski definition) is 1. The lowest BCUT2D eigenvalue weighted by molar-refractivity contribution is -0.130. The van der Waals surface area contributed by atoms with Gasteiger partial charge in [0, 0.05) is 24.9 Å². The van der Waals surface area contributed by atoms with Gasteiger partial charge in [0.15, 0.2) is 0 Å². The van der Waals surface area contributed by atoms with Crippen molar-refractivity contribution < 1.29 is 14.1 Å². The summed E-state index contributed by atoms with van der Waals surface area (Å²) in [5.74, 6) is 1.28. The number of rotatable bonds is 6. The number of aromatic nitrogens is 3. The van der Waals surface area contributed by atoms with Gasteiger partial charge in [0.1, 0.15) is 5.41 Å². The normalized spacial score (nSPS) is 17.0. The van der Waals surface area contributed by atoms with Crippen molar-refractivity contribution in [2.45, 2.75) is 51.0 Å². The largest absolute Gasteiger partial charge is 0.475 e. The molecule has 3 rings (SSSR count). The summed E-state index contributed by atoms with van der Waals surface area (Å²) < 4.78 is 11.1. The first-order valence-corrected chi connectivity index (χ1v) is 8.28. The average Bonchev–Trinajstić information content (AvgIpc) is 3.04. The second-order valence-corrected chi connectivity index (χ2v) is 6.16. The van der Waals surface area contributed by atoms with Gasteiger partial charge in [-0.05, 0) is 32.3 Å². The Morgan fingerprint density at radius 2 is 2.29 bits per heavy atom. The number of amides is 1. The van der Waals surface area contributed by atoms with Crippen molar-refractivity contribution >= 4 is 5.91 Å². The number of carbonyl (C=O) groups excluding carboxylic acids is 1. The van der Waals surface area contributed by atoms with Crippen LogP contribution in [-0.2, 0) is 10.2 Å². The molecule has 0 spiro atoms. The molecule has 7 heteroatoms. The van der Waals surface area contributed by atoms with Gasteiger partial charge in [0.05, 0.1) is 6.10 Å². The fraction of sp³-hybridized carbons (Fsp3) is 0.529. The van der Waals surface area contributed by atoms with E-state index in [0.29, 0.717) is 17.6 Å². The molecule has 1 atom stereocenters. The highest BCUT2D eigenvalue weighted by Crippen LogP contribution is 2.43. The molecule has 1 aliphatic carbocycles. The number of nitrogens with one attached hydrogen (secondary N) is 1. The van der Waals surface area contributed by atoms with Crippen LogP contribution in [0.5, 0.6) is 5.88 Å². The molecule has 0 radical (unpaired) electrons. The SMILES string of the molecule is CCC(C)Oc1cc(-c2noc(C3(C(=O)NC)CCC3)n2)ccn1. The molecule has 1 aliphatic rings. The van der Waals surface area contributed by atoms with Crippen LogP contribution in [0.1, 0.15) is 45.4 Å². The molecule has 24 heavy (non-hydrogen) atoms. The predicted octanol–water partition coefficient (Wildman–Crippen LogP) is 2.48. The lowest BCUT2D eigenvalue weighted by Crippen LogP contribution is -2.48. The summed E-state index contributed by atoms with van der Waals surface area (Å²) in [7, 11) is 1.63. The second kappa shape index (κ2) is 6.59. The Balaban J connectivity index is 1.86. The van der Waals surface area contributed by atoms with Gasteiger partial charge in [-0.2, -0.15) is 4.98 Å². The zero-order valence-corrected chi connectivity index (χ0v) is 14.2. The molecule has 0 bridgehead atoms. The Labute approximate surface area is 140 Å². The van der Waals surface area contributed by atoms with Gasteiger partial charge in [0.25, 0.3) is 0 Å². The Bertz CT molecular complexity index is 724. The molecule has 2 aromatic heterocycles. The minimum Gasteiger partial charge on any atom is -0.475 e. The molecule has 1 N–H and O–H groups in total. The van der Waals surface area contributed by atoms with E-state index in [9.17, 15) is 4.79 Å². The van der Waals surface area contributed by atoms with Gasteiger partial charge in [-0.3, -0.25) is 4.79 Å². The smallest absolute Gasteiger partial charge is 0.242 e. The van der Waals surface area contributed by atoms with E-state index in [1.54, 1.807) is 25.4 Å². The summed E-state index contributed by atoms with van der Waals surface area (Å²) >= 11 is 0. The number of carbonyl (C=O) groups is 1. The number of hydrogen-bond acceptors (Lipinski definition) is 6. The summed E-state index contributed by atoms with van der Waals surface area (Å²) in [6.07, 6.45) is 5.07. The maximum atomic E-state index is 12.2. The van der Waals surface area contributed by atoms with Gasteiger partial charge in [-0.1, -0.05) is 18.5 Å². The van der Waals surface area contributed by atoms with E-state index in [-0.39, 0.29) is 12.0 Å². The third-order valence-corrected chi connectivity index (χ3v) is 4.59. The number of likely N-dealkylation sites (N-methyl/N-ethyl adjacent to an activating group) is 1. The standard InChI is InChI=1S/C17H22N4O3/c1-4-11(2)23-13-10-12(6-9-19-13)14-20-16(24-21-14)17(7-5-8-17)15(22)18-3/h6,9-11H,4-5,7-8H2,1-3H3,(H,18,22). The molecule has 1 unspecified atom stereocenters. The zero-order valence-electron chi connectivity index (χ0n) is 14.2. The maximum Gasteiger partial charge on any atom is 0.242 e. The second-order valence-electron chi connectivity index (χ2n) is 6.16. The van der Waals surface area contributed by atoms with Crippen LogP contribution in [0.4, 0.5) is 0 Å². The lowest BCUT2D eigenvalue weighted by atomic mass is 9.68. The van der Waals surface area contributed by atoms with Crippen molar-refractivity contribution in [1.82, 2.24) is 20.4 Å². The monoisotopic (exact) mass is 330 g/mol. The van der Waals surface area contributed by atoms with Gasteiger partial charge in [-0.15, -0.1) is 0 Å². The van der Waals surface area contributed by atoms with Gasteiger partial charge < -0.3 is 14.6 Å². The van der Waals surface area contributed by atoms with Crippen molar-refractivity contribution in [2.75, 3.05) is 7.05 Å². The van der Waals surface area contributed by atoms with Crippen molar-refractivity contribution in [1.29, 1.82) is 0 Å². The van der Waals surface area contributed by atoms with Crippen LogP contribution in [0.25, 0.3) is 11.4 Å². The Morgan fingerprint density at radius 1 is 1.50 bits per heavy atom. The minimum absolute atomic E-state index is 0.0699. The number of nitrogens with zero attached hydrogens (tertiary/aromatic N) is 3. The first kappa shape index (κ1) is 16.4. The Hall–Kier alpha value is -2.44. The van der Waals surface area contributed by atoms with Crippen LogP contribution in [0, 0.1) is 0 Å². The van der Waals surface area contributed by atoms with E-state index in [0.717, 1.165) is 31.2 Å². The molecular weight excluding hydrogens is 308 g/mol. The first-order valence-electron chi connectivity index (χ1n) is 8.28. The predicted molar refractivity (Wildman–Crippen MR) is 87.5 cm³/mol. The molecule has 2 heterocycles. The van der Waals surface area contributed by atoms with E-state index >= 15 is 0 Å². The number of ether oxygens (including phenoxy) is 1. The molecule has 0 aromatic carbocycles. The Morgan fingerprint density at radius 3 is 2.92 bits per heavy atom. The van der Waals surface area contributed by atoms with E-state index in [2.05, 4.69) is 27.4 Å². The maximum absolute atomic E-state index is 12.2. The van der Waals surface area contributed by atoms with Crippen LogP contribution >= 0.6 is 0 Å². The summed E-state index contributed by atoms with van der Waals surface area (Å²) in [6, 6.07) is 3.58. The average molecular weight is 330 g/mol. The van der Waals surface area contributed by atoms with Crippen molar-refractivity contribution in [3.8, 4) is 17.3 Å². The van der Waals surface area contributed by atoms with Gasteiger partial charge in [-0.25, -0.2) is 4.98 Å². The first-order chi connectivity index (χ1) is 11.6. The van der Waals surface area contributed by atoms with Gasteiger partial charge >= 0.3 is 0 Å². The molecule has 7 nitrogen and oxygen atoms in total. The number of pyridine rings is 1. The third-order valence-electron chi connectivity index (χ3n) is 4.59. The summed E-state index contributed by atoms with van der Waals surface area (Å²) in [4.78, 5) is 20.9.